The summed E-state index contributed by atoms with van der Waals surface area (Å²) in [4.78, 5) is 15.9. The number of pyridine rings is 1. The number of hydrogen-bond donors (Lipinski definition) is 3. The van der Waals surface area contributed by atoms with Crippen molar-refractivity contribution in [2.24, 2.45) is 5.73 Å². The third kappa shape index (κ3) is 4.29. The van der Waals surface area contributed by atoms with Crippen LogP contribution in [0.5, 0.6) is 0 Å². The molecule has 0 saturated heterocycles. The fraction of sp³-hybridized carbons (Fsp3) is 0.250. The van der Waals surface area contributed by atoms with Crippen molar-refractivity contribution in [3.8, 4) is 0 Å². The van der Waals surface area contributed by atoms with Gasteiger partial charge in [-0.2, -0.15) is 0 Å². The highest BCUT2D eigenvalue weighted by atomic mass is 16.2. The Balaban J connectivity index is 1.88. The van der Waals surface area contributed by atoms with Crippen molar-refractivity contribution < 1.29 is 4.79 Å². The van der Waals surface area contributed by atoms with Crippen LogP contribution >= 0.6 is 0 Å². The number of rotatable bonds is 4. The van der Waals surface area contributed by atoms with Gasteiger partial charge in [0, 0.05) is 30.7 Å². The molecule has 0 fully saturated rings. The molecule has 0 aliphatic rings. The van der Waals surface area contributed by atoms with Gasteiger partial charge in [-0.15, -0.1) is 0 Å². The van der Waals surface area contributed by atoms with E-state index in [4.69, 9.17) is 5.73 Å². The largest absolute Gasteiger partial charge is 0.334 e. The van der Waals surface area contributed by atoms with Crippen LogP contribution in [0.4, 0.5) is 10.5 Å². The quantitative estimate of drug-likeness (QED) is 0.807. The van der Waals surface area contributed by atoms with Crippen LogP contribution in [0.3, 0.4) is 0 Å². The fourth-order valence-corrected chi connectivity index (χ4v) is 1.92. The van der Waals surface area contributed by atoms with Gasteiger partial charge in [0.15, 0.2) is 0 Å². The van der Waals surface area contributed by atoms with Crippen LogP contribution in [0.25, 0.3) is 0 Å². The van der Waals surface area contributed by atoms with Gasteiger partial charge in [-0.1, -0.05) is 12.1 Å². The highest BCUT2D eigenvalue weighted by molar-refractivity contribution is 5.89. The molecule has 21 heavy (non-hydrogen) atoms. The van der Waals surface area contributed by atoms with Gasteiger partial charge in [-0.3, -0.25) is 4.98 Å². The van der Waals surface area contributed by atoms with Crippen molar-refractivity contribution in [3.63, 3.8) is 0 Å². The first-order chi connectivity index (χ1) is 10.1. The lowest BCUT2D eigenvalue weighted by Crippen LogP contribution is -2.28. The zero-order chi connectivity index (χ0) is 15.2. The molecule has 5 nitrogen and oxygen atoms in total. The maximum Gasteiger partial charge on any atom is 0.319 e. The second-order valence-electron chi connectivity index (χ2n) is 5.02. The minimum absolute atomic E-state index is 0.0115. The Morgan fingerprint density at radius 2 is 2.00 bits per heavy atom. The van der Waals surface area contributed by atoms with Crippen LogP contribution in [0.2, 0.25) is 0 Å². The fourth-order valence-electron chi connectivity index (χ4n) is 1.92. The first-order valence-corrected chi connectivity index (χ1v) is 6.86. The van der Waals surface area contributed by atoms with Crippen molar-refractivity contribution >= 4 is 11.7 Å². The number of carbonyl (C=O) groups excluding carboxylic acids is 1. The van der Waals surface area contributed by atoms with Crippen LogP contribution in [0.15, 0.2) is 42.7 Å². The smallest absolute Gasteiger partial charge is 0.319 e. The summed E-state index contributed by atoms with van der Waals surface area (Å²) in [6.07, 6.45) is 3.50. The lowest BCUT2D eigenvalue weighted by Gasteiger charge is -2.10. The van der Waals surface area contributed by atoms with E-state index in [0.29, 0.717) is 6.54 Å². The standard InChI is InChI=1S/C16H20N4O/c1-11-9-18-8-7-14(11)10-19-16(21)20-15-5-3-13(4-6-15)12(2)17/h3-9,12H,10,17H2,1-2H3,(H2,19,20,21). The molecule has 0 aliphatic carbocycles. The highest BCUT2D eigenvalue weighted by Gasteiger charge is 2.04. The number of carbonyl (C=O) groups is 1. The van der Waals surface area contributed by atoms with Crippen LogP contribution in [0, 0.1) is 6.92 Å². The van der Waals surface area contributed by atoms with E-state index >= 15 is 0 Å². The summed E-state index contributed by atoms with van der Waals surface area (Å²) in [6, 6.07) is 9.15. The lowest BCUT2D eigenvalue weighted by atomic mass is 10.1. The van der Waals surface area contributed by atoms with E-state index in [9.17, 15) is 4.79 Å². The minimum Gasteiger partial charge on any atom is -0.334 e. The predicted octanol–water partition coefficient (Wildman–Crippen LogP) is 2.73. The molecule has 1 aromatic heterocycles. The van der Waals surface area contributed by atoms with Crippen LogP contribution < -0.4 is 16.4 Å². The van der Waals surface area contributed by atoms with Gasteiger partial charge >= 0.3 is 6.03 Å². The molecule has 110 valence electrons. The van der Waals surface area contributed by atoms with Crippen molar-refractivity contribution in [2.75, 3.05) is 5.32 Å². The second kappa shape index (κ2) is 6.85. The topological polar surface area (TPSA) is 80.0 Å². The molecule has 0 spiro atoms. The Labute approximate surface area is 124 Å². The maximum absolute atomic E-state index is 11.9. The summed E-state index contributed by atoms with van der Waals surface area (Å²) >= 11 is 0. The van der Waals surface area contributed by atoms with E-state index in [0.717, 1.165) is 22.4 Å². The second-order valence-corrected chi connectivity index (χ2v) is 5.02. The van der Waals surface area contributed by atoms with E-state index in [2.05, 4.69) is 15.6 Å². The molecule has 1 heterocycles. The molecular weight excluding hydrogens is 264 g/mol. The van der Waals surface area contributed by atoms with Gasteiger partial charge in [-0.25, -0.2) is 4.79 Å². The number of urea groups is 1. The van der Waals surface area contributed by atoms with E-state index in [1.165, 1.54) is 0 Å². The first kappa shape index (κ1) is 15.0. The molecule has 2 aromatic rings. The molecule has 1 unspecified atom stereocenters. The van der Waals surface area contributed by atoms with Gasteiger partial charge < -0.3 is 16.4 Å². The molecule has 1 atom stereocenters. The predicted molar refractivity (Wildman–Crippen MR) is 83.9 cm³/mol. The lowest BCUT2D eigenvalue weighted by molar-refractivity contribution is 0.251. The Hall–Kier alpha value is -2.40. The van der Waals surface area contributed by atoms with Crippen LogP contribution in [0.1, 0.15) is 29.7 Å². The first-order valence-electron chi connectivity index (χ1n) is 6.86. The summed E-state index contributed by atoms with van der Waals surface area (Å²) in [5.74, 6) is 0. The number of hydrogen-bond acceptors (Lipinski definition) is 3. The van der Waals surface area contributed by atoms with Crippen molar-refractivity contribution in [3.05, 3.63) is 59.4 Å². The minimum atomic E-state index is -0.236. The summed E-state index contributed by atoms with van der Waals surface area (Å²) in [6.45, 7) is 4.36. The van der Waals surface area contributed by atoms with Crippen molar-refractivity contribution in [1.82, 2.24) is 10.3 Å². The van der Waals surface area contributed by atoms with Crippen LogP contribution in [-0.2, 0) is 6.54 Å². The number of anilines is 1. The molecule has 4 N–H and O–H groups in total. The molecule has 1 aromatic carbocycles. The van der Waals surface area contributed by atoms with E-state index in [1.54, 1.807) is 12.4 Å². The SMILES string of the molecule is Cc1cnccc1CNC(=O)Nc1ccc(C(C)N)cc1. The summed E-state index contributed by atoms with van der Waals surface area (Å²) in [7, 11) is 0. The van der Waals surface area contributed by atoms with E-state index in [-0.39, 0.29) is 12.1 Å². The number of nitrogens with one attached hydrogen (secondary N) is 2. The molecule has 2 rings (SSSR count). The van der Waals surface area contributed by atoms with Gasteiger partial charge in [0.2, 0.25) is 0 Å². The number of amides is 2. The molecule has 0 aliphatic heterocycles. The van der Waals surface area contributed by atoms with Gasteiger partial charge in [0.25, 0.3) is 0 Å². The maximum atomic E-state index is 11.9. The van der Waals surface area contributed by atoms with Crippen molar-refractivity contribution in [2.45, 2.75) is 26.4 Å². The number of nitrogens with two attached hydrogens (primary N) is 1. The average Bonchev–Trinajstić information content (AvgIpc) is 2.47. The Morgan fingerprint density at radius 1 is 1.29 bits per heavy atom. The molecule has 0 radical (unpaired) electrons. The third-order valence-corrected chi connectivity index (χ3v) is 3.27. The van der Waals surface area contributed by atoms with Gasteiger partial charge in [-0.05, 0) is 48.7 Å². The number of aryl methyl sites for hydroxylation is 1. The Morgan fingerprint density at radius 3 is 2.62 bits per heavy atom. The van der Waals surface area contributed by atoms with E-state index in [1.807, 2.05) is 44.2 Å². The Kier molecular flexibility index (Phi) is 4.90. The zero-order valence-corrected chi connectivity index (χ0v) is 12.3. The highest BCUT2D eigenvalue weighted by Crippen LogP contribution is 2.14. The monoisotopic (exact) mass is 284 g/mol. The summed E-state index contributed by atoms with van der Waals surface area (Å²) in [5.41, 5.74) is 9.66. The normalized spacial score (nSPS) is 11.8. The van der Waals surface area contributed by atoms with Gasteiger partial charge in [0.05, 0.1) is 0 Å². The van der Waals surface area contributed by atoms with E-state index < -0.39 is 0 Å². The summed E-state index contributed by atoms with van der Waals surface area (Å²) in [5, 5.41) is 5.61. The molecule has 5 heteroatoms. The Bertz CT molecular complexity index is 608. The summed E-state index contributed by atoms with van der Waals surface area (Å²) < 4.78 is 0. The molecule has 2 amide bonds. The number of aromatic nitrogens is 1. The van der Waals surface area contributed by atoms with Crippen LogP contribution in [-0.4, -0.2) is 11.0 Å². The third-order valence-electron chi connectivity index (χ3n) is 3.27. The average molecular weight is 284 g/mol. The molecule has 0 saturated carbocycles. The number of nitrogens with zero attached hydrogens (tertiary/aromatic N) is 1. The van der Waals surface area contributed by atoms with Crippen molar-refractivity contribution in [1.29, 1.82) is 0 Å². The van der Waals surface area contributed by atoms with Gasteiger partial charge in [0.1, 0.15) is 0 Å². The molecule has 0 bridgehead atoms. The number of benzene rings is 1. The molecular formula is C16H20N4O. The zero-order valence-electron chi connectivity index (χ0n) is 12.3.